The largest absolute Gasteiger partial charge is 0.355 e. The third-order valence-electron chi connectivity index (χ3n) is 4.83. The van der Waals surface area contributed by atoms with Gasteiger partial charge in [0.25, 0.3) is 5.91 Å². The fraction of sp³-hybridized carbons (Fsp3) is 0.286. The van der Waals surface area contributed by atoms with Crippen LogP contribution in [0.5, 0.6) is 0 Å². The highest BCUT2D eigenvalue weighted by atomic mass is 35.5. The number of likely N-dealkylation sites (tertiary alicyclic amines) is 1. The van der Waals surface area contributed by atoms with Gasteiger partial charge in [-0.3, -0.25) is 14.4 Å². The lowest BCUT2D eigenvalue weighted by Crippen LogP contribution is -2.36. The maximum absolute atomic E-state index is 13.8. The number of halogens is 4. The molecule has 0 aliphatic carbocycles. The summed E-state index contributed by atoms with van der Waals surface area (Å²) in [6, 6.07) is 8.14. The summed E-state index contributed by atoms with van der Waals surface area (Å²) in [7, 11) is 0. The molecule has 1 atom stereocenters. The zero-order valence-electron chi connectivity index (χ0n) is 15.8. The van der Waals surface area contributed by atoms with Gasteiger partial charge in [-0.15, -0.1) is 0 Å². The molecule has 0 aromatic heterocycles. The van der Waals surface area contributed by atoms with Gasteiger partial charge in [0.1, 0.15) is 17.6 Å². The summed E-state index contributed by atoms with van der Waals surface area (Å²) in [6.45, 7) is -0.156. The van der Waals surface area contributed by atoms with E-state index in [-0.39, 0.29) is 18.7 Å². The molecule has 0 bridgehead atoms. The fourth-order valence-electron chi connectivity index (χ4n) is 3.22. The Balaban J connectivity index is 1.52. The van der Waals surface area contributed by atoms with Crippen LogP contribution in [0.15, 0.2) is 36.4 Å². The number of aryl methyl sites for hydroxylation is 1. The topological polar surface area (TPSA) is 66.5 Å². The molecule has 30 heavy (non-hydrogen) atoms. The number of Topliss-reactive ketones (excluding diaryl/α,β-unsaturated/α-hetero) is 1. The number of hydrogen-bond donors (Lipinski definition) is 1. The van der Waals surface area contributed by atoms with E-state index in [1.54, 1.807) is 12.1 Å². The third-order valence-corrected chi connectivity index (χ3v) is 5.57. The second-order valence-electron chi connectivity index (χ2n) is 6.98. The van der Waals surface area contributed by atoms with Crippen molar-refractivity contribution in [1.29, 1.82) is 0 Å². The van der Waals surface area contributed by atoms with Crippen LogP contribution < -0.4 is 5.32 Å². The van der Waals surface area contributed by atoms with Crippen LogP contribution in [0.1, 0.15) is 17.5 Å². The minimum Gasteiger partial charge on any atom is -0.355 e. The molecule has 2 aromatic carbocycles. The first kappa shape index (κ1) is 22.2. The Kier molecular flexibility index (Phi) is 7.05. The summed E-state index contributed by atoms with van der Waals surface area (Å²) in [6.07, 6.45) is 1.23. The maximum atomic E-state index is 13.8. The molecule has 1 heterocycles. The number of rotatable bonds is 7. The van der Waals surface area contributed by atoms with Crippen molar-refractivity contribution in [2.75, 3.05) is 13.1 Å². The number of carbonyl (C=O) groups excluding carboxylic acids is 3. The van der Waals surface area contributed by atoms with Gasteiger partial charge in [-0.2, -0.15) is 0 Å². The average molecular weight is 455 g/mol. The smallest absolute Gasteiger partial charge is 0.291 e. The van der Waals surface area contributed by atoms with Crippen molar-refractivity contribution in [3.05, 3.63) is 69.2 Å². The monoisotopic (exact) mass is 454 g/mol. The first-order chi connectivity index (χ1) is 14.3. The summed E-state index contributed by atoms with van der Waals surface area (Å²) < 4.78 is 27.1. The number of carbonyl (C=O) groups is 3. The highest BCUT2D eigenvalue weighted by molar-refractivity contribution is 6.42. The second-order valence-corrected chi connectivity index (χ2v) is 7.80. The summed E-state index contributed by atoms with van der Waals surface area (Å²) in [5.74, 6) is -4.81. The van der Waals surface area contributed by atoms with E-state index in [0.717, 1.165) is 28.7 Å². The number of hydrogen-bond acceptors (Lipinski definition) is 3. The van der Waals surface area contributed by atoms with E-state index in [0.29, 0.717) is 29.4 Å². The van der Waals surface area contributed by atoms with Crippen molar-refractivity contribution < 1.29 is 23.2 Å². The standard InChI is InChI=1S/C21H18Cl2F2N2O3/c22-16-5-3-12(8-17(16)23)2-1-7-26-20(29)15-11-27(21(30)19(15)28)10-13-9-14(24)4-6-18(13)25/h3-6,8-9,15H,1-2,7,10-11H2,(H,26,29). The molecular weight excluding hydrogens is 437 g/mol. The number of ketones is 1. The summed E-state index contributed by atoms with van der Waals surface area (Å²) in [4.78, 5) is 37.7. The van der Waals surface area contributed by atoms with Crippen LogP contribution in [0.4, 0.5) is 8.78 Å². The van der Waals surface area contributed by atoms with Gasteiger partial charge in [-0.05, 0) is 48.7 Å². The highest BCUT2D eigenvalue weighted by Gasteiger charge is 2.43. The van der Waals surface area contributed by atoms with Crippen LogP contribution >= 0.6 is 23.2 Å². The van der Waals surface area contributed by atoms with Crippen molar-refractivity contribution >= 4 is 40.8 Å². The molecule has 0 radical (unpaired) electrons. The molecule has 2 amide bonds. The predicted octanol–water partition coefficient (Wildman–Crippen LogP) is 3.55. The summed E-state index contributed by atoms with van der Waals surface area (Å²) >= 11 is 11.8. The van der Waals surface area contributed by atoms with Gasteiger partial charge in [-0.1, -0.05) is 29.3 Å². The highest BCUT2D eigenvalue weighted by Crippen LogP contribution is 2.23. The van der Waals surface area contributed by atoms with Gasteiger partial charge >= 0.3 is 0 Å². The second kappa shape index (κ2) is 9.53. The van der Waals surface area contributed by atoms with Crippen LogP contribution in [0, 0.1) is 17.6 Å². The number of nitrogens with zero attached hydrogens (tertiary/aromatic N) is 1. The van der Waals surface area contributed by atoms with Crippen molar-refractivity contribution in [2.45, 2.75) is 19.4 Å². The summed E-state index contributed by atoms with van der Waals surface area (Å²) in [5.41, 5.74) is 0.896. The molecule has 1 aliphatic heterocycles. The lowest BCUT2D eigenvalue weighted by molar-refractivity contribution is -0.142. The molecule has 1 unspecified atom stereocenters. The number of benzene rings is 2. The first-order valence-corrected chi connectivity index (χ1v) is 10.0. The third kappa shape index (κ3) is 5.15. The molecule has 158 valence electrons. The van der Waals surface area contributed by atoms with E-state index in [9.17, 15) is 23.2 Å². The Morgan fingerprint density at radius 3 is 2.60 bits per heavy atom. The van der Waals surface area contributed by atoms with Crippen LogP contribution in [0.2, 0.25) is 10.0 Å². The van der Waals surface area contributed by atoms with Crippen LogP contribution in [-0.4, -0.2) is 35.6 Å². The Hall–Kier alpha value is -2.51. The molecule has 2 aromatic rings. The van der Waals surface area contributed by atoms with Crippen LogP contribution in [0.3, 0.4) is 0 Å². The van der Waals surface area contributed by atoms with Gasteiger partial charge in [-0.25, -0.2) is 8.78 Å². The van der Waals surface area contributed by atoms with E-state index >= 15 is 0 Å². The van der Waals surface area contributed by atoms with Gasteiger partial charge in [0.05, 0.1) is 10.0 Å². The van der Waals surface area contributed by atoms with E-state index in [2.05, 4.69) is 5.32 Å². The molecule has 5 nitrogen and oxygen atoms in total. The lowest BCUT2D eigenvalue weighted by atomic mass is 10.1. The van der Waals surface area contributed by atoms with Crippen molar-refractivity contribution in [3.8, 4) is 0 Å². The molecule has 0 saturated carbocycles. The van der Waals surface area contributed by atoms with E-state index < -0.39 is 35.1 Å². The Bertz CT molecular complexity index is 1000. The van der Waals surface area contributed by atoms with Gasteiger partial charge < -0.3 is 10.2 Å². The molecular formula is C21H18Cl2F2N2O3. The fourth-order valence-corrected chi connectivity index (χ4v) is 3.54. The van der Waals surface area contributed by atoms with Gasteiger partial charge in [0.15, 0.2) is 0 Å². The lowest BCUT2D eigenvalue weighted by Gasteiger charge is -2.16. The molecule has 3 rings (SSSR count). The molecule has 1 fully saturated rings. The van der Waals surface area contributed by atoms with E-state index in [4.69, 9.17) is 23.2 Å². The minimum atomic E-state index is -1.17. The number of nitrogens with one attached hydrogen (secondary N) is 1. The Morgan fingerprint density at radius 1 is 1.10 bits per heavy atom. The Morgan fingerprint density at radius 2 is 1.87 bits per heavy atom. The minimum absolute atomic E-state index is 0.0566. The number of amides is 2. The predicted molar refractivity (Wildman–Crippen MR) is 108 cm³/mol. The Labute approximate surface area is 181 Å². The zero-order chi connectivity index (χ0) is 21.8. The van der Waals surface area contributed by atoms with Crippen molar-refractivity contribution in [2.24, 2.45) is 5.92 Å². The quantitative estimate of drug-likeness (QED) is 0.395. The molecule has 1 aliphatic rings. The first-order valence-electron chi connectivity index (χ1n) is 9.25. The maximum Gasteiger partial charge on any atom is 0.291 e. The van der Waals surface area contributed by atoms with Gasteiger partial charge in [0, 0.05) is 25.2 Å². The molecule has 0 spiro atoms. The zero-order valence-corrected chi connectivity index (χ0v) is 17.3. The van der Waals surface area contributed by atoms with E-state index in [1.807, 2.05) is 6.07 Å². The normalized spacial score (nSPS) is 16.3. The van der Waals surface area contributed by atoms with Crippen molar-refractivity contribution in [1.82, 2.24) is 10.2 Å². The SMILES string of the molecule is O=C(NCCCc1ccc(Cl)c(Cl)c1)C1CN(Cc2cc(F)ccc2F)C(=O)C1=O. The molecule has 9 heteroatoms. The van der Waals surface area contributed by atoms with Gasteiger partial charge in [0.2, 0.25) is 11.7 Å². The molecule has 1 saturated heterocycles. The van der Waals surface area contributed by atoms with Crippen molar-refractivity contribution in [3.63, 3.8) is 0 Å². The average Bonchev–Trinajstić information content (AvgIpc) is 2.99. The summed E-state index contributed by atoms with van der Waals surface area (Å²) in [5, 5.41) is 3.55. The van der Waals surface area contributed by atoms with Crippen LogP contribution in [0.25, 0.3) is 0 Å². The van der Waals surface area contributed by atoms with E-state index in [1.165, 1.54) is 0 Å². The van der Waals surface area contributed by atoms with Crippen LogP contribution in [-0.2, 0) is 27.3 Å². The molecule has 1 N–H and O–H groups in total.